The molecule has 1 N–H and O–H groups in total. The number of hydrogen-bond acceptors (Lipinski definition) is 7. The molecule has 3 aromatic rings. The molecule has 5 rings (SSSR count). The lowest BCUT2D eigenvalue weighted by atomic mass is 9.85. The number of hydrogen-bond donors (Lipinski definition) is 1. The number of nitrogens with zero attached hydrogens (tertiary/aromatic N) is 4. The van der Waals surface area contributed by atoms with E-state index in [2.05, 4.69) is 29.4 Å². The quantitative estimate of drug-likeness (QED) is 0.340. The number of anilines is 1. The van der Waals surface area contributed by atoms with Crippen molar-refractivity contribution in [3.63, 3.8) is 0 Å². The van der Waals surface area contributed by atoms with Crippen LogP contribution >= 0.6 is 11.8 Å². The molecule has 0 radical (unpaired) electrons. The van der Waals surface area contributed by atoms with Gasteiger partial charge in [0.15, 0.2) is 5.78 Å². The zero-order valence-corrected chi connectivity index (χ0v) is 18.3. The molecule has 0 spiro atoms. The number of ketones is 1. The van der Waals surface area contributed by atoms with Crippen LogP contribution in [0.15, 0.2) is 65.0 Å². The number of rotatable bonds is 5. The largest absolute Gasteiger partial charge is 0.328 e. The van der Waals surface area contributed by atoms with E-state index >= 15 is 0 Å². The average Bonchev–Trinajstić information content (AvgIpc) is 3.20. The molecule has 1 unspecified atom stereocenters. The third kappa shape index (κ3) is 3.69. The van der Waals surface area contributed by atoms with E-state index in [0.29, 0.717) is 28.7 Å². The molecule has 32 heavy (non-hydrogen) atoms. The molecule has 2 aliphatic rings. The van der Waals surface area contributed by atoms with Gasteiger partial charge in [0.05, 0.1) is 4.92 Å². The van der Waals surface area contributed by atoms with Gasteiger partial charge in [-0.15, -0.1) is 5.10 Å². The van der Waals surface area contributed by atoms with Crippen molar-refractivity contribution in [2.24, 2.45) is 0 Å². The van der Waals surface area contributed by atoms with E-state index < -0.39 is 11.0 Å². The van der Waals surface area contributed by atoms with Crippen LogP contribution < -0.4 is 5.32 Å². The highest BCUT2D eigenvalue weighted by molar-refractivity contribution is 7.98. The predicted octanol–water partition coefficient (Wildman–Crippen LogP) is 4.81. The standard InChI is InChI=1S/C23H21N5O3S/c1-14-6-2-3-7-16(14)13-32-23-25-22-24-18-10-5-11-19(29)20(18)21(27(22)26-23)15-8-4-9-17(12-15)28(30)31/h2-4,6-9,12,21H,5,10-11,13H2,1H3,(H,24,25,26). The number of carbonyl (C=O) groups is 1. The first-order valence-electron chi connectivity index (χ1n) is 10.4. The number of fused-ring (bicyclic) bond motifs is 1. The summed E-state index contributed by atoms with van der Waals surface area (Å²) in [7, 11) is 0. The lowest BCUT2D eigenvalue weighted by molar-refractivity contribution is -0.384. The zero-order valence-electron chi connectivity index (χ0n) is 17.4. The number of carbonyl (C=O) groups excluding carboxylic acids is 1. The van der Waals surface area contributed by atoms with Crippen molar-refractivity contribution in [3.8, 4) is 0 Å². The molecule has 9 heteroatoms. The van der Waals surface area contributed by atoms with Gasteiger partial charge in [-0.2, -0.15) is 4.98 Å². The first-order chi connectivity index (χ1) is 15.5. The molecular weight excluding hydrogens is 426 g/mol. The lowest BCUT2D eigenvalue weighted by Gasteiger charge is -2.32. The highest BCUT2D eigenvalue weighted by Gasteiger charge is 2.37. The van der Waals surface area contributed by atoms with Crippen molar-refractivity contribution >= 4 is 29.2 Å². The maximum absolute atomic E-state index is 12.9. The summed E-state index contributed by atoms with van der Waals surface area (Å²) in [4.78, 5) is 28.5. The molecule has 0 bridgehead atoms. The highest BCUT2D eigenvalue weighted by atomic mass is 32.2. The van der Waals surface area contributed by atoms with Crippen LogP contribution in [0, 0.1) is 17.0 Å². The van der Waals surface area contributed by atoms with Gasteiger partial charge in [-0.3, -0.25) is 14.9 Å². The number of Topliss-reactive ketones (excluding diaryl/α,β-unsaturated/α-hetero) is 1. The number of nitrogens with one attached hydrogen (secondary N) is 1. The summed E-state index contributed by atoms with van der Waals surface area (Å²) >= 11 is 1.53. The van der Waals surface area contributed by atoms with Crippen LogP contribution in [0.1, 0.15) is 42.0 Å². The maximum atomic E-state index is 12.9. The summed E-state index contributed by atoms with van der Waals surface area (Å²) < 4.78 is 1.70. The third-order valence-corrected chi connectivity index (χ3v) is 6.75. The Hall–Kier alpha value is -3.46. The normalized spacial score (nSPS) is 17.5. The van der Waals surface area contributed by atoms with Crippen molar-refractivity contribution in [2.45, 2.75) is 43.1 Å². The van der Waals surface area contributed by atoms with E-state index in [1.54, 1.807) is 16.8 Å². The van der Waals surface area contributed by atoms with E-state index in [-0.39, 0.29) is 11.5 Å². The van der Waals surface area contributed by atoms with Gasteiger partial charge in [0.2, 0.25) is 11.1 Å². The molecule has 8 nitrogen and oxygen atoms in total. The number of benzene rings is 2. The summed E-state index contributed by atoms with van der Waals surface area (Å²) in [5, 5.41) is 20.0. The Morgan fingerprint density at radius 2 is 2.06 bits per heavy atom. The van der Waals surface area contributed by atoms with E-state index in [1.165, 1.54) is 35.0 Å². The van der Waals surface area contributed by atoms with Crippen LogP contribution in [0.4, 0.5) is 11.6 Å². The number of thioether (sulfide) groups is 1. The monoisotopic (exact) mass is 447 g/mol. The van der Waals surface area contributed by atoms with Crippen LogP contribution in [0.3, 0.4) is 0 Å². The van der Waals surface area contributed by atoms with E-state index in [9.17, 15) is 14.9 Å². The molecule has 2 heterocycles. The van der Waals surface area contributed by atoms with Crippen LogP contribution in [0.2, 0.25) is 0 Å². The van der Waals surface area contributed by atoms with Gasteiger partial charge in [0, 0.05) is 35.6 Å². The smallest absolute Gasteiger partial charge is 0.269 e. The van der Waals surface area contributed by atoms with Gasteiger partial charge in [0.1, 0.15) is 6.04 Å². The Kier molecular flexibility index (Phi) is 5.26. The fourth-order valence-electron chi connectivity index (χ4n) is 4.23. The minimum atomic E-state index is -0.533. The van der Waals surface area contributed by atoms with Crippen LogP contribution in [-0.2, 0) is 10.5 Å². The third-order valence-electron chi connectivity index (χ3n) is 5.86. The van der Waals surface area contributed by atoms with Crippen LogP contribution in [0.5, 0.6) is 0 Å². The number of nitro benzene ring substituents is 1. The molecule has 1 aliphatic heterocycles. The molecule has 0 saturated carbocycles. The minimum absolute atomic E-state index is 0.0118. The summed E-state index contributed by atoms with van der Waals surface area (Å²) in [6.07, 6.45) is 1.98. The van der Waals surface area contributed by atoms with Crippen LogP contribution in [-0.4, -0.2) is 25.5 Å². The van der Waals surface area contributed by atoms with Crippen molar-refractivity contribution in [1.29, 1.82) is 0 Å². The number of aromatic nitrogens is 3. The summed E-state index contributed by atoms with van der Waals surface area (Å²) in [6.45, 7) is 2.07. The predicted molar refractivity (Wildman–Crippen MR) is 122 cm³/mol. The molecule has 1 aliphatic carbocycles. The molecule has 0 amide bonds. The van der Waals surface area contributed by atoms with E-state index in [0.717, 1.165) is 24.3 Å². The second-order valence-corrected chi connectivity index (χ2v) is 8.87. The molecular formula is C23H21N5O3S. The Labute approximate surface area is 188 Å². The van der Waals surface area contributed by atoms with Gasteiger partial charge >= 0.3 is 0 Å². The average molecular weight is 448 g/mol. The van der Waals surface area contributed by atoms with Gasteiger partial charge in [-0.05, 0) is 36.5 Å². The topological polar surface area (TPSA) is 103 Å². The van der Waals surface area contributed by atoms with Crippen molar-refractivity contribution < 1.29 is 9.72 Å². The molecule has 1 atom stereocenters. The summed E-state index contributed by atoms with van der Waals surface area (Å²) in [5.74, 6) is 1.33. The second kappa shape index (κ2) is 8.23. The number of non-ortho nitro benzene ring substituents is 1. The lowest BCUT2D eigenvalue weighted by Crippen LogP contribution is -2.31. The van der Waals surface area contributed by atoms with Crippen LogP contribution in [0.25, 0.3) is 0 Å². The van der Waals surface area contributed by atoms with Gasteiger partial charge in [0.25, 0.3) is 5.69 Å². The SMILES string of the molecule is Cc1ccccc1CSc1nc2n(n1)C(c1cccc([N+](=O)[O-])c1)C1=C(CCCC1=O)N2. The van der Waals surface area contributed by atoms with Gasteiger partial charge in [-0.25, -0.2) is 4.68 Å². The maximum Gasteiger partial charge on any atom is 0.269 e. The number of aryl methyl sites for hydroxylation is 1. The van der Waals surface area contributed by atoms with Crippen molar-refractivity contribution in [2.75, 3.05) is 5.32 Å². The van der Waals surface area contributed by atoms with E-state index in [1.807, 2.05) is 12.1 Å². The first kappa shape index (κ1) is 20.4. The molecule has 2 aromatic carbocycles. The molecule has 1 aromatic heterocycles. The Bertz CT molecular complexity index is 1270. The summed E-state index contributed by atoms with van der Waals surface area (Å²) in [5.41, 5.74) is 4.53. The molecule has 0 saturated heterocycles. The fourth-order valence-corrected chi connectivity index (χ4v) is 5.13. The molecule has 162 valence electrons. The Morgan fingerprint density at radius 1 is 1.22 bits per heavy atom. The Morgan fingerprint density at radius 3 is 2.88 bits per heavy atom. The van der Waals surface area contributed by atoms with Crippen molar-refractivity contribution in [1.82, 2.24) is 14.8 Å². The molecule has 0 fully saturated rings. The number of nitro groups is 1. The Balaban J connectivity index is 1.54. The number of allylic oxidation sites excluding steroid dienone is 2. The zero-order chi connectivity index (χ0) is 22.2. The first-order valence-corrected chi connectivity index (χ1v) is 11.4. The van der Waals surface area contributed by atoms with Gasteiger partial charge in [-0.1, -0.05) is 48.2 Å². The minimum Gasteiger partial charge on any atom is -0.328 e. The van der Waals surface area contributed by atoms with Crippen molar-refractivity contribution in [3.05, 3.63) is 86.6 Å². The summed E-state index contributed by atoms with van der Waals surface area (Å²) in [6, 6.07) is 14.1. The fraction of sp³-hybridized carbons (Fsp3) is 0.261. The van der Waals surface area contributed by atoms with Gasteiger partial charge < -0.3 is 5.32 Å². The van der Waals surface area contributed by atoms with E-state index in [4.69, 9.17) is 5.10 Å². The second-order valence-electron chi connectivity index (χ2n) is 7.93. The highest BCUT2D eigenvalue weighted by Crippen LogP contribution is 2.41.